The molecule has 1 spiro atoms. The summed E-state index contributed by atoms with van der Waals surface area (Å²) in [4.78, 5) is 2.59. The van der Waals surface area contributed by atoms with Crippen LogP contribution in [0, 0.1) is 23.7 Å². The van der Waals surface area contributed by atoms with Gasteiger partial charge in [-0.3, -0.25) is 0 Å². The van der Waals surface area contributed by atoms with E-state index in [1.807, 2.05) is 0 Å². The fourth-order valence-electron chi connectivity index (χ4n) is 13.6. The summed E-state index contributed by atoms with van der Waals surface area (Å²) in [6.45, 7) is 4.77. The summed E-state index contributed by atoms with van der Waals surface area (Å²) in [7, 11) is 0. The van der Waals surface area contributed by atoms with Crippen LogP contribution in [0.2, 0.25) is 0 Å². The van der Waals surface area contributed by atoms with Crippen LogP contribution in [0.15, 0.2) is 158 Å². The van der Waals surface area contributed by atoms with Gasteiger partial charge in [0.25, 0.3) is 0 Å². The average Bonchev–Trinajstić information content (AvgIpc) is 3.82. The zero-order valence-corrected chi connectivity index (χ0v) is 33.5. The highest BCUT2D eigenvalue weighted by atomic mass is 15.1. The van der Waals surface area contributed by atoms with Crippen molar-refractivity contribution in [2.75, 3.05) is 4.90 Å². The third-order valence-electron chi connectivity index (χ3n) is 16.0. The summed E-state index contributed by atoms with van der Waals surface area (Å²) >= 11 is 0. The van der Waals surface area contributed by atoms with Crippen molar-refractivity contribution in [3.63, 3.8) is 0 Å². The van der Waals surface area contributed by atoms with Gasteiger partial charge in [0.1, 0.15) is 0 Å². The number of hydrogen-bond donors (Lipinski definition) is 0. The lowest BCUT2D eigenvalue weighted by Crippen LogP contribution is -2.55. The summed E-state index contributed by atoms with van der Waals surface area (Å²) in [5, 5.41) is 2.56. The Balaban J connectivity index is 1.07. The summed E-state index contributed by atoms with van der Waals surface area (Å²) in [6, 6.07) is 60.5. The molecule has 0 aliphatic heterocycles. The molecule has 13 rings (SSSR count). The minimum absolute atomic E-state index is 0.0469. The lowest BCUT2D eigenvalue weighted by atomic mass is 9.43. The molecule has 1 aromatic heterocycles. The van der Waals surface area contributed by atoms with Crippen molar-refractivity contribution in [2.45, 2.75) is 63.2 Å². The topological polar surface area (TPSA) is 8.17 Å². The highest BCUT2D eigenvalue weighted by Gasteiger charge is 2.61. The number of anilines is 3. The molecular formula is C56H48N2. The van der Waals surface area contributed by atoms with E-state index in [0.717, 1.165) is 17.8 Å². The first kappa shape index (κ1) is 33.1. The molecule has 5 aliphatic rings. The Morgan fingerprint density at radius 2 is 1.12 bits per heavy atom. The lowest BCUT2D eigenvalue weighted by Gasteiger charge is -2.60. The molecule has 3 saturated carbocycles. The van der Waals surface area contributed by atoms with E-state index in [9.17, 15) is 0 Å². The van der Waals surface area contributed by atoms with Gasteiger partial charge in [0.2, 0.25) is 0 Å². The van der Waals surface area contributed by atoms with E-state index in [4.69, 9.17) is 0 Å². The number of para-hydroxylation sites is 2. The zero-order chi connectivity index (χ0) is 38.3. The molecule has 0 amide bonds. The second-order valence-corrected chi connectivity index (χ2v) is 18.8. The smallest absolute Gasteiger partial charge is 0.0561 e. The predicted molar refractivity (Wildman–Crippen MR) is 241 cm³/mol. The second-order valence-electron chi connectivity index (χ2n) is 18.8. The molecule has 5 unspecified atom stereocenters. The molecule has 8 aromatic rings. The predicted octanol–water partition coefficient (Wildman–Crippen LogP) is 14.7. The quantitative estimate of drug-likeness (QED) is 0.174. The van der Waals surface area contributed by atoms with Crippen LogP contribution >= 0.6 is 0 Å². The fraction of sp³-hybridized carbons (Fsp3) is 0.250. The monoisotopic (exact) mass is 748 g/mol. The number of nitrogens with zero attached hydrogens (tertiary/aromatic N) is 2. The molecule has 3 fully saturated rings. The van der Waals surface area contributed by atoms with E-state index in [1.54, 1.807) is 11.1 Å². The molecule has 5 aliphatic carbocycles. The van der Waals surface area contributed by atoms with E-state index < -0.39 is 0 Å². The first-order chi connectivity index (χ1) is 28.5. The molecule has 0 N–H and O–H groups in total. The molecular weight excluding hydrogens is 701 g/mol. The summed E-state index contributed by atoms with van der Waals surface area (Å²) in [5.74, 6) is 3.15. The van der Waals surface area contributed by atoms with Crippen molar-refractivity contribution >= 4 is 38.9 Å². The van der Waals surface area contributed by atoms with E-state index in [1.165, 1.54) is 116 Å². The van der Waals surface area contributed by atoms with Crippen molar-refractivity contribution in [3.05, 3.63) is 180 Å². The van der Waals surface area contributed by atoms with Gasteiger partial charge in [0.05, 0.1) is 11.0 Å². The normalized spacial score (nSPS) is 24.2. The van der Waals surface area contributed by atoms with Crippen LogP contribution in [-0.2, 0) is 10.8 Å². The summed E-state index contributed by atoms with van der Waals surface area (Å²) in [6.07, 6.45) is 8.40. The first-order valence-electron chi connectivity index (χ1n) is 21.9. The van der Waals surface area contributed by atoms with E-state index in [2.05, 4.69) is 181 Å². The van der Waals surface area contributed by atoms with Crippen molar-refractivity contribution in [1.29, 1.82) is 0 Å². The third-order valence-corrected chi connectivity index (χ3v) is 16.0. The minimum Gasteiger partial charge on any atom is -0.310 e. The Bertz CT molecular complexity index is 2980. The van der Waals surface area contributed by atoms with Crippen molar-refractivity contribution < 1.29 is 0 Å². The maximum Gasteiger partial charge on any atom is 0.0561 e. The van der Waals surface area contributed by atoms with E-state index in [-0.39, 0.29) is 10.8 Å². The number of rotatable bonds is 4. The van der Waals surface area contributed by atoms with Crippen molar-refractivity contribution in [2.24, 2.45) is 23.7 Å². The van der Waals surface area contributed by atoms with Gasteiger partial charge in [-0.2, -0.15) is 0 Å². The van der Waals surface area contributed by atoms with Gasteiger partial charge in [0, 0.05) is 44.4 Å². The van der Waals surface area contributed by atoms with Gasteiger partial charge in [-0.25, -0.2) is 0 Å². The van der Waals surface area contributed by atoms with Crippen LogP contribution in [0.3, 0.4) is 0 Å². The van der Waals surface area contributed by atoms with Crippen molar-refractivity contribution in [1.82, 2.24) is 4.57 Å². The third kappa shape index (κ3) is 4.28. The van der Waals surface area contributed by atoms with Crippen LogP contribution in [0.25, 0.3) is 49.7 Å². The SMILES string of the molecule is CC1(C)c2ccccc2-c2cc(N(c3ccc4c(c3)C3(c5ccccc5-4)C4CCC5CCC(C4)CC53)c3ccc4c5ccccc5n(-c5ccccc5)c4c3)ccc21. The Hall–Kier alpha value is -5.86. The Morgan fingerprint density at radius 1 is 0.483 bits per heavy atom. The minimum atomic E-state index is -0.0469. The molecule has 1 heterocycles. The summed E-state index contributed by atoms with van der Waals surface area (Å²) in [5.41, 5.74) is 19.1. The Kier molecular flexibility index (Phi) is 6.77. The van der Waals surface area contributed by atoms with Crippen LogP contribution in [0.4, 0.5) is 17.1 Å². The van der Waals surface area contributed by atoms with E-state index in [0.29, 0.717) is 5.92 Å². The van der Waals surface area contributed by atoms with Crippen molar-refractivity contribution in [3.8, 4) is 27.9 Å². The Morgan fingerprint density at radius 3 is 2.00 bits per heavy atom. The molecule has 5 atom stereocenters. The molecule has 2 heteroatoms. The molecule has 0 radical (unpaired) electrons. The molecule has 2 nitrogen and oxygen atoms in total. The fourth-order valence-corrected chi connectivity index (χ4v) is 13.6. The number of fused-ring (bicyclic) bond motifs is 10. The lowest BCUT2D eigenvalue weighted by molar-refractivity contribution is -0.0320. The highest BCUT2D eigenvalue weighted by Crippen LogP contribution is 2.69. The van der Waals surface area contributed by atoms with Gasteiger partial charge >= 0.3 is 0 Å². The van der Waals surface area contributed by atoms with Gasteiger partial charge in [-0.05, 0) is 155 Å². The molecule has 282 valence electrons. The molecule has 58 heavy (non-hydrogen) atoms. The number of aromatic nitrogens is 1. The van der Waals surface area contributed by atoms with Crippen LogP contribution in [-0.4, -0.2) is 4.57 Å². The van der Waals surface area contributed by atoms with Crippen LogP contribution < -0.4 is 4.90 Å². The number of hydrogen-bond acceptors (Lipinski definition) is 1. The maximum absolute atomic E-state index is 2.67. The van der Waals surface area contributed by atoms with Gasteiger partial charge in [-0.1, -0.05) is 123 Å². The molecule has 0 saturated heterocycles. The van der Waals surface area contributed by atoms with Gasteiger partial charge in [0.15, 0.2) is 0 Å². The first-order valence-corrected chi connectivity index (χ1v) is 21.9. The highest BCUT2D eigenvalue weighted by molar-refractivity contribution is 6.10. The average molecular weight is 749 g/mol. The standard InChI is InChI=1S/C56H48N2/c1-55(2)48-17-9-6-15-43(48)47-32-39(26-29-49(47)55)57(41-25-28-46-45-16-8-11-19-53(45)58(54(46)34-41)38-12-4-3-5-13-38)40-24-27-44-42-14-7-10-18-50(42)56(52(44)33-40)37-23-22-36-21-20-35(30-37)31-51(36)56/h3-19,24-29,32-37,51H,20-23,30-31H2,1-2H3. The zero-order valence-electron chi connectivity index (χ0n) is 33.5. The van der Waals surface area contributed by atoms with Gasteiger partial charge < -0.3 is 9.47 Å². The molecule has 7 aromatic carbocycles. The van der Waals surface area contributed by atoms with E-state index >= 15 is 0 Å². The summed E-state index contributed by atoms with van der Waals surface area (Å²) < 4.78 is 2.46. The molecule has 3 bridgehead atoms. The largest absolute Gasteiger partial charge is 0.310 e. The van der Waals surface area contributed by atoms with Gasteiger partial charge in [-0.15, -0.1) is 0 Å². The van der Waals surface area contributed by atoms with Crippen LogP contribution in [0.1, 0.15) is 74.6 Å². The second kappa shape index (κ2) is 11.9. The number of benzene rings is 7. The Labute approximate surface area is 341 Å². The van der Waals surface area contributed by atoms with Crippen LogP contribution in [0.5, 0.6) is 0 Å². The maximum atomic E-state index is 2.67.